The predicted octanol–water partition coefficient (Wildman–Crippen LogP) is 2.03. The average molecular weight is 310 g/mol. The molecule has 3 atom stereocenters. The van der Waals surface area contributed by atoms with Crippen LogP contribution in [-0.2, 0) is 9.59 Å². The Morgan fingerprint density at radius 2 is 2.05 bits per heavy atom. The van der Waals surface area contributed by atoms with Crippen molar-refractivity contribution in [3.63, 3.8) is 0 Å². The molecule has 0 spiro atoms. The first kappa shape index (κ1) is 15.2. The molecule has 3 unspecified atom stereocenters. The zero-order valence-corrected chi connectivity index (χ0v) is 14.0. The molecule has 0 aromatic rings. The fourth-order valence-corrected chi connectivity index (χ4v) is 5.02. The van der Waals surface area contributed by atoms with Gasteiger partial charge in [-0.1, -0.05) is 13.8 Å². The summed E-state index contributed by atoms with van der Waals surface area (Å²) < 4.78 is 0. The number of nitrogens with zero attached hydrogens (tertiary/aromatic N) is 1. The minimum Gasteiger partial charge on any atom is -0.340 e. The van der Waals surface area contributed by atoms with E-state index in [2.05, 4.69) is 5.32 Å². The van der Waals surface area contributed by atoms with Crippen molar-refractivity contribution in [2.24, 2.45) is 11.8 Å². The standard InChI is InChI=1S/C16H26N2O2S/c1-10(2)13-14(19)17-16(3,11-6-7-11)15(20)18(13)9-12-5-4-8-21-12/h10-13H,4-9H2,1-3H3,(H,17,19). The van der Waals surface area contributed by atoms with E-state index in [0.29, 0.717) is 11.2 Å². The van der Waals surface area contributed by atoms with Gasteiger partial charge in [0.05, 0.1) is 0 Å². The van der Waals surface area contributed by atoms with E-state index in [9.17, 15) is 9.59 Å². The Kier molecular flexibility index (Phi) is 3.97. The highest BCUT2D eigenvalue weighted by molar-refractivity contribution is 8.00. The van der Waals surface area contributed by atoms with Crippen molar-refractivity contribution in [1.29, 1.82) is 0 Å². The number of hydrogen-bond donors (Lipinski definition) is 1. The Bertz CT molecular complexity index is 444. The number of amides is 2. The quantitative estimate of drug-likeness (QED) is 0.864. The summed E-state index contributed by atoms with van der Waals surface area (Å²) in [5.74, 6) is 1.87. The van der Waals surface area contributed by atoms with Gasteiger partial charge in [0.25, 0.3) is 0 Å². The van der Waals surface area contributed by atoms with Crippen LogP contribution in [-0.4, -0.2) is 45.8 Å². The molecule has 2 amide bonds. The van der Waals surface area contributed by atoms with Crippen LogP contribution >= 0.6 is 11.8 Å². The summed E-state index contributed by atoms with van der Waals surface area (Å²) in [5, 5.41) is 3.56. The molecule has 21 heavy (non-hydrogen) atoms. The molecule has 3 rings (SSSR count). The number of nitrogens with one attached hydrogen (secondary N) is 1. The minimum absolute atomic E-state index is 0.0435. The second-order valence-corrected chi connectivity index (χ2v) is 8.66. The predicted molar refractivity (Wildman–Crippen MR) is 85.1 cm³/mol. The molecule has 1 N–H and O–H groups in total. The first-order chi connectivity index (χ1) is 9.93. The third kappa shape index (κ3) is 2.69. The maximum atomic E-state index is 13.1. The number of rotatable bonds is 4. The summed E-state index contributed by atoms with van der Waals surface area (Å²) in [4.78, 5) is 27.6. The number of hydrogen-bond acceptors (Lipinski definition) is 3. The summed E-state index contributed by atoms with van der Waals surface area (Å²) in [5.41, 5.74) is -0.661. The normalized spacial score (nSPS) is 37.2. The van der Waals surface area contributed by atoms with Crippen LogP contribution in [0.4, 0.5) is 0 Å². The number of carbonyl (C=O) groups is 2. The molecule has 4 nitrogen and oxygen atoms in total. The lowest BCUT2D eigenvalue weighted by molar-refractivity contribution is -0.157. The molecule has 3 fully saturated rings. The maximum absolute atomic E-state index is 13.1. The van der Waals surface area contributed by atoms with Crippen LogP contribution < -0.4 is 5.32 Å². The smallest absolute Gasteiger partial charge is 0.249 e. The number of piperazine rings is 1. The monoisotopic (exact) mass is 310 g/mol. The van der Waals surface area contributed by atoms with Crippen LogP contribution in [0.3, 0.4) is 0 Å². The Balaban J connectivity index is 1.85. The molecule has 2 heterocycles. The SMILES string of the molecule is CC(C)C1C(=O)NC(C)(C2CC2)C(=O)N1CC1CCCS1. The summed E-state index contributed by atoms with van der Waals surface area (Å²) in [6.07, 6.45) is 4.51. The third-order valence-corrected chi connectivity index (χ3v) is 6.52. The summed E-state index contributed by atoms with van der Waals surface area (Å²) in [7, 11) is 0. The van der Waals surface area contributed by atoms with Crippen molar-refractivity contribution in [3.05, 3.63) is 0 Å². The molecule has 0 aromatic carbocycles. The van der Waals surface area contributed by atoms with Crippen LogP contribution in [0.5, 0.6) is 0 Å². The van der Waals surface area contributed by atoms with Crippen LogP contribution in [0.2, 0.25) is 0 Å². The van der Waals surface area contributed by atoms with E-state index in [1.165, 1.54) is 18.6 Å². The topological polar surface area (TPSA) is 49.4 Å². The van der Waals surface area contributed by atoms with Gasteiger partial charge in [-0.2, -0.15) is 11.8 Å². The van der Waals surface area contributed by atoms with Crippen LogP contribution in [0.1, 0.15) is 46.5 Å². The lowest BCUT2D eigenvalue weighted by Gasteiger charge is -2.46. The fraction of sp³-hybridized carbons (Fsp3) is 0.875. The van der Waals surface area contributed by atoms with Crippen molar-refractivity contribution < 1.29 is 9.59 Å². The molecule has 1 saturated carbocycles. The van der Waals surface area contributed by atoms with Gasteiger partial charge in [0.15, 0.2) is 0 Å². The summed E-state index contributed by atoms with van der Waals surface area (Å²) >= 11 is 1.95. The number of thioether (sulfide) groups is 1. The van der Waals surface area contributed by atoms with Crippen molar-refractivity contribution in [1.82, 2.24) is 10.2 Å². The van der Waals surface area contributed by atoms with Crippen molar-refractivity contribution in [2.45, 2.75) is 63.3 Å². The molecule has 0 radical (unpaired) electrons. The van der Waals surface area contributed by atoms with Gasteiger partial charge < -0.3 is 10.2 Å². The van der Waals surface area contributed by atoms with Crippen LogP contribution in [0.15, 0.2) is 0 Å². The molecule has 1 aliphatic carbocycles. The maximum Gasteiger partial charge on any atom is 0.249 e. The van der Waals surface area contributed by atoms with Crippen molar-refractivity contribution in [2.75, 3.05) is 12.3 Å². The van der Waals surface area contributed by atoms with E-state index in [0.717, 1.165) is 19.4 Å². The largest absolute Gasteiger partial charge is 0.340 e. The van der Waals surface area contributed by atoms with E-state index < -0.39 is 5.54 Å². The second kappa shape index (κ2) is 5.49. The van der Waals surface area contributed by atoms with Gasteiger partial charge in [0.1, 0.15) is 11.6 Å². The van der Waals surface area contributed by atoms with Gasteiger partial charge in [-0.15, -0.1) is 0 Å². The zero-order valence-electron chi connectivity index (χ0n) is 13.2. The molecule has 0 aromatic heterocycles. The molecule has 118 valence electrons. The van der Waals surface area contributed by atoms with Crippen LogP contribution in [0, 0.1) is 11.8 Å². The van der Waals surface area contributed by atoms with Gasteiger partial charge in [-0.3, -0.25) is 9.59 Å². The minimum atomic E-state index is -0.661. The molecular formula is C16H26N2O2S. The fourth-order valence-electron chi connectivity index (χ4n) is 3.75. The highest BCUT2D eigenvalue weighted by Gasteiger charge is 2.56. The lowest BCUT2D eigenvalue weighted by Crippen LogP contribution is -2.71. The van der Waals surface area contributed by atoms with Crippen molar-refractivity contribution in [3.8, 4) is 0 Å². The van der Waals surface area contributed by atoms with Crippen molar-refractivity contribution >= 4 is 23.6 Å². The Morgan fingerprint density at radius 1 is 1.33 bits per heavy atom. The highest BCUT2D eigenvalue weighted by Crippen LogP contribution is 2.43. The summed E-state index contributed by atoms with van der Waals surface area (Å²) in [6.45, 7) is 6.73. The third-order valence-electron chi connectivity index (χ3n) is 5.14. The molecule has 3 aliphatic rings. The van der Waals surface area contributed by atoms with E-state index in [1.54, 1.807) is 0 Å². The first-order valence-electron chi connectivity index (χ1n) is 8.18. The average Bonchev–Trinajstić information content (AvgIpc) is 3.15. The Morgan fingerprint density at radius 3 is 2.57 bits per heavy atom. The molecule has 5 heteroatoms. The van der Waals surface area contributed by atoms with Crippen LogP contribution in [0.25, 0.3) is 0 Å². The summed E-state index contributed by atoms with van der Waals surface area (Å²) in [6, 6.07) is -0.300. The van der Waals surface area contributed by atoms with Gasteiger partial charge in [-0.25, -0.2) is 0 Å². The zero-order chi connectivity index (χ0) is 15.2. The lowest BCUT2D eigenvalue weighted by atomic mass is 9.86. The molecular weight excluding hydrogens is 284 g/mol. The Labute approximate surface area is 131 Å². The highest BCUT2D eigenvalue weighted by atomic mass is 32.2. The second-order valence-electron chi connectivity index (χ2n) is 7.25. The number of carbonyl (C=O) groups excluding carboxylic acids is 2. The molecule has 2 aliphatic heterocycles. The molecule has 0 bridgehead atoms. The van der Waals surface area contributed by atoms with E-state index in [1.807, 2.05) is 37.4 Å². The van der Waals surface area contributed by atoms with Gasteiger partial charge in [0, 0.05) is 11.8 Å². The first-order valence-corrected chi connectivity index (χ1v) is 9.23. The van der Waals surface area contributed by atoms with Gasteiger partial charge in [-0.05, 0) is 50.2 Å². The van der Waals surface area contributed by atoms with E-state index in [-0.39, 0.29) is 23.8 Å². The van der Waals surface area contributed by atoms with E-state index in [4.69, 9.17) is 0 Å². The van der Waals surface area contributed by atoms with Gasteiger partial charge in [0.2, 0.25) is 11.8 Å². The molecule has 2 saturated heterocycles. The van der Waals surface area contributed by atoms with Gasteiger partial charge >= 0.3 is 0 Å². The Hall–Kier alpha value is -0.710. The van der Waals surface area contributed by atoms with E-state index >= 15 is 0 Å².